The molecule has 0 saturated carbocycles. The number of aromatic hydroxyl groups is 1. The smallest absolute Gasteiger partial charge is 0.164 e. The molecule has 3 nitrogen and oxygen atoms in total. The van der Waals surface area contributed by atoms with Crippen molar-refractivity contribution in [2.45, 2.75) is 40.2 Å². The third kappa shape index (κ3) is 2.13. The predicted molar refractivity (Wildman–Crippen MR) is 73.8 cm³/mol. The van der Waals surface area contributed by atoms with Gasteiger partial charge in [-0.05, 0) is 27.2 Å². The fourth-order valence-corrected chi connectivity index (χ4v) is 2.12. The summed E-state index contributed by atoms with van der Waals surface area (Å²) < 4.78 is 1.91. The van der Waals surface area contributed by atoms with Crippen molar-refractivity contribution in [3.05, 3.63) is 35.5 Å². The summed E-state index contributed by atoms with van der Waals surface area (Å²) in [6.45, 7) is 8.23. The van der Waals surface area contributed by atoms with Crippen LogP contribution in [-0.2, 0) is 6.42 Å². The maximum Gasteiger partial charge on any atom is 0.164 e. The molecule has 0 aliphatic carbocycles. The SMILES string of the molecule is CCc1c(O)c(-c2ccc(C)cc2)nn1C(C)C. The van der Waals surface area contributed by atoms with Crippen LogP contribution in [0.2, 0.25) is 0 Å². The summed E-state index contributed by atoms with van der Waals surface area (Å²) >= 11 is 0. The Hall–Kier alpha value is -1.77. The van der Waals surface area contributed by atoms with E-state index in [9.17, 15) is 5.11 Å². The number of aromatic nitrogens is 2. The summed E-state index contributed by atoms with van der Waals surface area (Å²) in [5.41, 5.74) is 3.76. The Labute approximate surface area is 108 Å². The minimum absolute atomic E-state index is 0.255. The van der Waals surface area contributed by atoms with Gasteiger partial charge < -0.3 is 5.11 Å². The van der Waals surface area contributed by atoms with Gasteiger partial charge in [-0.2, -0.15) is 5.10 Å². The number of benzene rings is 1. The second-order valence-electron chi connectivity index (χ2n) is 4.90. The highest BCUT2D eigenvalue weighted by atomic mass is 16.3. The summed E-state index contributed by atoms with van der Waals surface area (Å²) in [4.78, 5) is 0. The third-order valence-corrected chi connectivity index (χ3v) is 3.13. The van der Waals surface area contributed by atoms with Crippen LogP contribution in [-0.4, -0.2) is 14.9 Å². The Morgan fingerprint density at radius 1 is 1.22 bits per heavy atom. The van der Waals surface area contributed by atoms with Gasteiger partial charge in [0.1, 0.15) is 5.69 Å². The van der Waals surface area contributed by atoms with Crippen LogP contribution < -0.4 is 0 Å². The van der Waals surface area contributed by atoms with Gasteiger partial charge in [-0.25, -0.2) is 0 Å². The molecule has 96 valence electrons. The van der Waals surface area contributed by atoms with Crippen LogP contribution in [0.5, 0.6) is 5.75 Å². The maximum atomic E-state index is 10.3. The van der Waals surface area contributed by atoms with Crippen molar-refractivity contribution in [1.29, 1.82) is 0 Å². The molecule has 0 fully saturated rings. The average molecular weight is 244 g/mol. The van der Waals surface area contributed by atoms with Crippen LogP contribution in [0, 0.1) is 6.92 Å². The number of hydrogen-bond donors (Lipinski definition) is 1. The van der Waals surface area contributed by atoms with Gasteiger partial charge in [0, 0.05) is 11.6 Å². The lowest BCUT2D eigenvalue weighted by Gasteiger charge is -2.08. The summed E-state index contributed by atoms with van der Waals surface area (Å²) in [7, 11) is 0. The second-order valence-corrected chi connectivity index (χ2v) is 4.90. The molecule has 0 saturated heterocycles. The molecular formula is C15H20N2O. The third-order valence-electron chi connectivity index (χ3n) is 3.13. The van der Waals surface area contributed by atoms with Gasteiger partial charge in [0.2, 0.25) is 0 Å². The van der Waals surface area contributed by atoms with Gasteiger partial charge in [0.25, 0.3) is 0 Å². The minimum atomic E-state index is 0.255. The molecule has 0 aliphatic rings. The Morgan fingerprint density at radius 3 is 2.28 bits per heavy atom. The molecule has 0 aliphatic heterocycles. The largest absolute Gasteiger partial charge is 0.504 e. The van der Waals surface area contributed by atoms with Crippen LogP contribution in [0.4, 0.5) is 0 Å². The maximum absolute atomic E-state index is 10.3. The van der Waals surface area contributed by atoms with Gasteiger partial charge in [-0.3, -0.25) is 4.68 Å². The molecule has 0 bridgehead atoms. The van der Waals surface area contributed by atoms with E-state index in [0.29, 0.717) is 11.4 Å². The molecule has 3 heteroatoms. The molecule has 2 aromatic rings. The normalized spacial score (nSPS) is 11.2. The van der Waals surface area contributed by atoms with E-state index in [1.807, 2.05) is 42.8 Å². The number of rotatable bonds is 3. The molecule has 0 spiro atoms. The van der Waals surface area contributed by atoms with E-state index in [4.69, 9.17) is 0 Å². The summed E-state index contributed by atoms with van der Waals surface area (Å²) in [6, 6.07) is 8.33. The second kappa shape index (κ2) is 4.84. The van der Waals surface area contributed by atoms with E-state index in [0.717, 1.165) is 17.7 Å². The summed E-state index contributed by atoms with van der Waals surface area (Å²) in [5.74, 6) is 0.315. The van der Waals surface area contributed by atoms with Crippen molar-refractivity contribution in [1.82, 2.24) is 9.78 Å². The number of aryl methyl sites for hydroxylation is 1. The molecule has 0 atom stereocenters. The van der Waals surface area contributed by atoms with Gasteiger partial charge in [-0.1, -0.05) is 36.8 Å². The van der Waals surface area contributed by atoms with Crippen LogP contribution in [0.3, 0.4) is 0 Å². The van der Waals surface area contributed by atoms with Gasteiger partial charge in [-0.15, -0.1) is 0 Å². The van der Waals surface area contributed by atoms with Gasteiger partial charge >= 0.3 is 0 Å². The Balaban J connectivity index is 2.55. The zero-order valence-corrected chi connectivity index (χ0v) is 11.4. The lowest BCUT2D eigenvalue weighted by atomic mass is 10.1. The highest BCUT2D eigenvalue weighted by molar-refractivity contribution is 5.67. The Kier molecular flexibility index (Phi) is 3.41. The molecule has 0 amide bonds. The van der Waals surface area contributed by atoms with Crippen molar-refractivity contribution >= 4 is 0 Å². The fraction of sp³-hybridized carbons (Fsp3) is 0.400. The van der Waals surface area contributed by atoms with Crippen molar-refractivity contribution in [2.24, 2.45) is 0 Å². The first-order chi connectivity index (χ1) is 8.54. The van der Waals surface area contributed by atoms with E-state index in [-0.39, 0.29) is 6.04 Å². The minimum Gasteiger partial charge on any atom is -0.504 e. The Morgan fingerprint density at radius 2 is 1.83 bits per heavy atom. The molecular weight excluding hydrogens is 224 g/mol. The van der Waals surface area contributed by atoms with E-state index < -0.39 is 0 Å². The number of hydrogen-bond acceptors (Lipinski definition) is 2. The monoisotopic (exact) mass is 244 g/mol. The van der Waals surface area contributed by atoms with Crippen LogP contribution >= 0.6 is 0 Å². The van der Waals surface area contributed by atoms with E-state index in [1.165, 1.54) is 5.56 Å². The summed E-state index contributed by atoms with van der Waals surface area (Å²) in [5, 5.41) is 14.8. The standard InChI is InChI=1S/C15H20N2O/c1-5-13-15(18)14(16-17(13)10(2)3)12-8-6-11(4)7-9-12/h6-10,18H,5H2,1-4H3. The first-order valence-electron chi connectivity index (χ1n) is 6.42. The zero-order valence-electron chi connectivity index (χ0n) is 11.4. The highest BCUT2D eigenvalue weighted by Gasteiger charge is 2.18. The van der Waals surface area contributed by atoms with Crippen LogP contribution in [0.25, 0.3) is 11.3 Å². The van der Waals surface area contributed by atoms with E-state index in [1.54, 1.807) is 0 Å². The summed E-state index contributed by atoms with van der Waals surface area (Å²) in [6.07, 6.45) is 0.781. The van der Waals surface area contributed by atoms with Gasteiger partial charge in [0.15, 0.2) is 5.75 Å². The first-order valence-corrected chi connectivity index (χ1v) is 6.42. The lowest BCUT2D eigenvalue weighted by molar-refractivity contribution is 0.456. The van der Waals surface area contributed by atoms with E-state index in [2.05, 4.69) is 18.9 Å². The molecule has 0 unspecified atom stereocenters. The fourth-order valence-electron chi connectivity index (χ4n) is 2.12. The van der Waals surface area contributed by atoms with Crippen LogP contribution in [0.15, 0.2) is 24.3 Å². The van der Waals surface area contributed by atoms with E-state index >= 15 is 0 Å². The van der Waals surface area contributed by atoms with Crippen molar-refractivity contribution in [2.75, 3.05) is 0 Å². The highest BCUT2D eigenvalue weighted by Crippen LogP contribution is 2.33. The molecule has 1 aromatic carbocycles. The predicted octanol–water partition coefficient (Wildman–Crippen LogP) is 3.71. The molecule has 1 heterocycles. The number of nitrogens with zero attached hydrogens (tertiary/aromatic N) is 2. The Bertz CT molecular complexity index is 538. The van der Waals surface area contributed by atoms with Crippen LogP contribution in [0.1, 0.15) is 38.1 Å². The quantitative estimate of drug-likeness (QED) is 0.893. The topological polar surface area (TPSA) is 38.1 Å². The molecule has 2 rings (SSSR count). The average Bonchev–Trinajstić information content (AvgIpc) is 2.67. The van der Waals surface area contributed by atoms with Crippen molar-refractivity contribution in [3.63, 3.8) is 0 Å². The van der Waals surface area contributed by atoms with Crippen molar-refractivity contribution in [3.8, 4) is 17.0 Å². The first kappa shape index (κ1) is 12.7. The molecule has 1 aromatic heterocycles. The van der Waals surface area contributed by atoms with Gasteiger partial charge in [0.05, 0.1) is 5.69 Å². The lowest BCUT2D eigenvalue weighted by Crippen LogP contribution is -2.06. The van der Waals surface area contributed by atoms with Crippen molar-refractivity contribution < 1.29 is 5.11 Å². The molecule has 18 heavy (non-hydrogen) atoms. The molecule has 0 radical (unpaired) electrons. The molecule has 1 N–H and O–H groups in total. The zero-order chi connectivity index (χ0) is 13.3.